The summed E-state index contributed by atoms with van der Waals surface area (Å²) in [6, 6.07) is 12.8. The Kier molecular flexibility index (Phi) is 7.22. The Morgan fingerprint density at radius 3 is 2.60 bits per heavy atom. The molecule has 0 spiro atoms. The minimum atomic E-state index is -0.553. The fraction of sp³-hybridized carbons (Fsp3) is 0.222. The predicted octanol–water partition coefficient (Wildman–Crippen LogP) is 3.82. The van der Waals surface area contributed by atoms with Crippen molar-refractivity contribution in [2.24, 2.45) is 0 Å². The molecule has 0 aliphatic carbocycles. The summed E-state index contributed by atoms with van der Waals surface area (Å²) in [4.78, 5) is 23.3. The quantitative estimate of drug-likeness (QED) is 0.570. The van der Waals surface area contributed by atoms with Crippen molar-refractivity contribution in [1.82, 2.24) is 0 Å². The van der Waals surface area contributed by atoms with Gasteiger partial charge in [0, 0.05) is 6.42 Å². The largest absolute Gasteiger partial charge is 0.494 e. The van der Waals surface area contributed by atoms with Crippen LogP contribution in [0.2, 0.25) is 5.02 Å². The molecule has 0 atom stereocenters. The highest BCUT2D eigenvalue weighted by molar-refractivity contribution is 6.33. The van der Waals surface area contributed by atoms with Gasteiger partial charge in [-0.15, -0.1) is 0 Å². The van der Waals surface area contributed by atoms with Crippen LogP contribution in [0.3, 0.4) is 0 Å². The maximum atomic E-state index is 12.9. The van der Waals surface area contributed by atoms with E-state index in [0.717, 1.165) is 11.8 Å². The maximum Gasteiger partial charge on any atom is 0.306 e. The summed E-state index contributed by atoms with van der Waals surface area (Å²) in [6.07, 6.45) is 0.608. The molecule has 1 N–H and O–H groups in total. The molecule has 25 heavy (non-hydrogen) atoms. The van der Waals surface area contributed by atoms with Crippen molar-refractivity contribution in [1.29, 1.82) is 0 Å². The average Bonchev–Trinajstić information content (AvgIpc) is 2.60. The number of ether oxygens (including phenoxy) is 2. The molecule has 0 saturated carbocycles. The molecular weight excluding hydrogens is 349 g/mol. The van der Waals surface area contributed by atoms with Gasteiger partial charge in [-0.05, 0) is 36.8 Å². The Bertz CT molecular complexity index is 724. The second-order valence-electron chi connectivity index (χ2n) is 5.10. The smallest absolute Gasteiger partial charge is 0.306 e. The fourth-order valence-corrected chi connectivity index (χ4v) is 2.13. The van der Waals surface area contributed by atoms with Crippen molar-refractivity contribution in [2.75, 3.05) is 18.5 Å². The van der Waals surface area contributed by atoms with Gasteiger partial charge in [-0.1, -0.05) is 29.8 Å². The van der Waals surface area contributed by atoms with E-state index < -0.39 is 24.3 Å². The molecule has 0 unspecified atom stereocenters. The predicted molar refractivity (Wildman–Crippen MR) is 92.2 cm³/mol. The molecule has 132 valence electrons. The first-order chi connectivity index (χ1) is 12.0. The number of halogens is 2. The summed E-state index contributed by atoms with van der Waals surface area (Å²) in [6.45, 7) is -0.0669. The summed E-state index contributed by atoms with van der Waals surface area (Å²) in [5.74, 6) is -0.835. The Morgan fingerprint density at radius 2 is 1.88 bits per heavy atom. The molecule has 7 heteroatoms. The van der Waals surface area contributed by atoms with Gasteiger partial charge in [0.1, 0.15) is 11.6 Å². The second kappa shape index (κ2) is 9.64. The van der Waals surface area contributed by atoms with Gasteiger partial charge in [-0.25, -0.2) is 4.39 Å². The summed E-state index contributed by atoms with van der Waals surface area (Å²) in [5.41, 5.74) is 0.250. The van der Waals surface area contributed by atoms with E-state index in [1.807, 2.05) is 30.3 Å². The van der Waals surface area contributed by atoms with Crippen LogP contribution >= 0.6 is 11.6 Å². The monoisotopic (exact) mass is 365 g/mol. The topological polar surface area (TPSA) is 64.6 Å². The summed E-state index contributed by atoms with van der Waals surface area (Å²) >= 11 is 5.79. The van der Waals surface area contributed by atoms with Gasteiger partial charge in [-0.3, -0.25) is 9.59 Å². The maximum absolute atomic E-state index is 12.9. The lowest BCUT2D eigenvalue weighted by molar-refractivity contribution is -0.147. The van der Waals surface area contributed by atoms with Crippen molar-refractivity contribution in [3.63, 3.8) is 0 Å². The molecule has 2 aromatic rings. The van der Waals surface area contributed by atoms with Crippen LogP contribution in [-0.2, 0) is 14.3 Å². The molecule has 5 nitrogen and oxygen atoms in total. The number of rotatable bonds is 8. The standard InChI is InChI=1S/C18H17ClFNO4/c19-15-11-13(20)8-9-16(15)21-17(22)12-25-18(23)7-4-10-24-14-5-2-1-3-6-14/h1-3,5-6,8-9,11H,4,7,10,12H2,(H,21,22). The molecule has 0 fully saturated rings. The highest BCUT2D eigenvalue weighted by Gasteiger charge is 2.10. The highest BCUT2D eigenvalue weighted by atomic mass is 35.5. The zero-order valence-corrected chi connectivity index (χ0v) is 14.1. The number of anilines is 1. The van der Waals surface area contributed by atoms with E-state index in [0.29, 0.717) is 13.0 Å². The highest BCUT2D eigenvalue weighted by Crippen LogP contribution is 2.22. The third-order valence-electron chi connectivity index (χ3n) is 3.11. The molecule has 0 aliphatic heterocycles. The summed E-state index contributed by atoms with van der Waals surface area (Å²) in [5, 5.41) is 2.51. The lowest BCUT2D eigenvalue weighted by Gasteiger charge is -2.08. The lowest BCUT2D eigenvalue weighted by Crippen LogP contribution is -2.21. The number of para-hydroxylation sites is 1. The molecule has 1 amide bonds. The summed E-state index contributed by atoms with van der Waals surface area (Å²) in [7, 11) is 0. The van der Waals surface area contributed by atoms with Gasteiger partial charge in [0.15, 0.2) is 6.61 Å². The van der Waals surface area contributed by atoms with Crippen LogP contribution in [0.5, 0.6) is 5.75 Å². The summed E-state index contributed by atoms with van der Waals surface area (Å²) < 4.78 is 23.2. The van der Waals surface area contributed by atoms with Gasteiger partial charge in [-0.2, -0.15) is 0 Å². The van der Waals surface area contributed by atoms with E-state index >= 15 is 0 Å². The molecule has 2 aromatic carbocycles. The first kappa shape index (κ1) is 18.7. The Balaban J connectivity index is 1.63. The zero-order valence-electron chi connectivity index (χ0n) is 13.3. The molecular formula is C18H17ClFNO4. The molecule has 0 saturated heterocycles. The van der Waals surface area contributed by atoms with Crippen LogP contribution < -0.4 is 10.1 Å². The molecule has 2 rings (SSSR count). The number of hydrogen-bond acceptors (Lipinski definition) is 4. The number of hydrogen-bond donors (Lipinski definition) is 1. The van der Waals surface area contributed by atoms with Gasteiger partial charge < -0.3 is 14.8 Å². The zero-order chi connectivity index (χ0) is 18.1. The molecule has 0 aromatic heterocycles. The van der Waals surface area contributed by atoms with Crippen LogP contribution in [0.1, 0.15) is 12.8 Å². The second-order valence-corrected chi connectivity index (χ2v) is 5.51. The number of carbonyl (C=O) groups excluding carboxylic acids is 2. The Hall–Kier alpha value is -2.60. The molecule has 0 radical (unpaired) electrons. The van der Waals surface area contributed by atoms with E-state index in [1.54, 1.807) is 0 Å². The number of amides is 1. The minimum Gasteiger partial charge on any atom is -0.494 e. The van der Waals surface area contributed by atoms with Crippen molar-refractivity contribution < 1.29 is 23.5 Å². The van der Waals surface area contributed by atoms with Crippen molar-refractivity contribution in [2.45, 2.75) is 12.8 Å². The van der Waals surface area contributed by atoms with E-state index in [2.05, 4.69) is 5.32 Å². The van der Waals surface area contributed by atoms with Crippen molar-refractivity contribution in [3.8, 4) is 5.75 Å². The van der Waals surface area contributed by atoms with Crippen molar-refractivity contribution in [3.05, 3.63) is 59.4 Å². The number of nitrogens with one attached hydrogen (secondary N) is 1. The first-order valence-electron chi connectivity index (χ1n) is 7.63. The van der Waals surface area contributed by atoms with Crippen LogP contribution in [0.4, 0.5) is 10.1 Å². The number of esters is 1. The molecule has 0 heterocycles. The van der Waals surface area contributed by atoms with Gasteiger partial charge in [0.2, 0.25) is 0 Å². The number of carbonyl (C=O) groups is 2. The van der Waals surface area contributed by atoms with Gasteiger partial charge in [0.25, 0.3) is 5.91 Å². The van der Waals surface area contributed by atoms with Crippen LogP contribution in [-0.4, -0.2) is 25.1 Å². The van der Waals surface area contributed by atoms with Crippen LogP contribution in [0.25, 0.3) is 0 Å². The van der Waals surface area contributed by atoms with Crippen LogP contribution in [0, 0.1) is 5.82 Å². The van der Waals surface area contributed by atoms with Crippen LogP contribution in [0.15, 0.2) is 48.5 Å². The van der Waals surface area contributed by atoms with Gasteiger partial charge in [0.05, 0.1) is 17.3 Å². The van der Waals surface area contributed by atoms with Gasteiger partial charge >= 0.3 is 5.97 Å². The SMILES string of the molecule is O=C(COC(=O)CCCOc1ccccc1)Nc1ccc(F)cc1Cl. The Labute approximate surface area is 149 Å². The Morgan fingerprint density at radius 1 is 1.12 bits per heavy atom. The van der Waals surface area contributed by atoms with E-state index in [1.165, 1.54) is 12.1 Å². The van der Waals surface area contributed by atoms with E-state index in [9.17, 15) is 14.0 Å². The molecule has 0 bridgehead atoms. The molecule has 0 aliphatic rings. The minimum absolute atomic E-state index is 0.0673. The third-order valence-corrected chi connectivity index (χ3v) is 3.42. The lowest BCUT2D eigenvalue weighted by atomic mass is 10.3. The third kappa shape index (κ3) is 6.81. The first-order valence-corrected chi connectivity index (χ1v) is 8.01. The van der Waals surface area contributed by atoms with E-state index in [4.69, 9.17) is 21.1 Å². The van der Waals surface area contributed by atoms with Crippen molar-refractivity contribution >= 4 is 29.2 Å². The normalized spacial score (nSPS) is 10.2. The average molecular weight is 366 g/mol. The van der Waals surface area contributed by atoms with E-state index in [-0.39, 0.29) is 17.1 Å². The fourth-order valence-electron chi connectivity index (χ4n) is 1.92. The number of benzene rings is 2.